The monoisotopic (exact) mass is 265 g/mol. The van der Waals surface area contributed by atoms with Gasteiger partial charge in [0.15, 0.2) is 0 Å². The van der Waals surface area contributed by atoms with Gasteiger partial charge in [0.05, 0.1) is 6.10 Å². The van der Waals surface area contributed by atoms with Crippen LogP contribution < -0.4 is 0 Å². The first-order valence-corrected chi connectivity index (χ1v) is 5.98. The summed E-state index contributed by atoms with van der Waals surface area (Å²) in [6, 6.07) is 7.90. The third-order valence-electron chi connectivity index (χ3n) is 2.86. The molecule has 1 aromatic heterocycles. The van der Waals surface area contributed by atoms with Crippen molar-refractivity contribution in [2.45, 2.75) is 19.4 Å². The third kappa shape index (κ3) is 3.06. The molecule has 1 unspecified atom stereocenters. The van der Waals surface area contributed by atoms with E-state index in [-0.39, 0.29) is 5.82 Å². The minimum Gasteiger partial charge on any atom is -0.388 e. The smallest absolute Gasteiger partial charge is 0.129 e. The van der Waals surface area contributed by atoms with Gasteiger partial charge in [-0.15, -0.1) is 0 Å². The van der Waals surface area contributed by atoms with E-state index in [9.17, 15) is 9.50 Å². The molecule has 0 aliphatic heterocycles. The Kier molecular flexibility index (Phi) is 3.94. The molecule has 2 nitrogen and oxygen atoms in total. The van der Waals surface area contributed by atoms with E-state index >= 15 is 0 Å². The van der Waals surface area contributed by atoms with Gasteiger partial charge in [0, 0.05) is 12.6 Å². The van der Waals surface area contributed by atoms with Crippen LogP contribution in [0.25, 0.3) is 0 Å². The van der Waals surface area contributed by atoms with Crippen LogP contribution in [-0.2, 0) is 6.42 Å². The van der Waals surface area contributed by atoms with Gasteiger partial charge in [-0.3, -0.25) is 0 Å². The van der Waals surface area contributed by atoms with Gasteiger partial charge < -0.3 is 5.11 Å². The summed E-state index contributed by atoms with van der Waals surface area (Å²) in [6.07, 6.45) is 1.17. The van der Waals surface area contributed by atoms with Gasteiger partial charge in [-0.1, -0.05) is 23.7 Å². The van der Waals surface area contributed by atoms with Gasteiger partial charge in [-0.05, 0) is 41.8 Å². The zero-order chi connectivity index (χ0) is 13.1. The van der Waals surface area contributed by atoms with Crippen LogP contribution in [0.5, 0.6) is 0 Å². The van der Waals surface area contributed by atoms with Gasteiger partial charge in [-0.2, -0.15) is 0 Å². The normalized spacial score (nSPS) is 12.4. The van der Waals surface area contributed by atoms with Gasteiger partial charge in [0.25, 0.3) is 0 Å². The van der Waals surface area contributed by atoms with E-state index in [0.29, 0.717) is 17.1 Å². The van der Waals surface area contributed by atoms with Crippen molar-refractivity contribution in [2.24, 2.45) is 0 Å². The fourth-order valence-electron chi connectivity index (χ4n) is 1.77. The number of aliphatic hydroxyl groups excluding tert-OH is 1. The number of nitrogens with zero attached hydrogens (tertiary/aromatic N) is 1. The van der Waals surface area contributed by atoms with Crippen molar-refractivity contribution >= 4 is 11.6 Å². The molecular formula is C14H13ClFNO. The lowest BCUT2D eigenvalue weighted by Gasteiger charge is -2.12. The fraction of sp³-hybridized carbons (Fsp3) is 0.214. The lowest BCUT2D eigenvalue weighted by molar-refractivity contribution is 0.178. The van der Waals surface area contributed by atoms with Crippen molar-refractivity contribution in [3.63, 3.8) is 0 Å². The molecule has 18 heavy (non-hydrogen) atoms. The summed E-state index contributed by atoms with van der Waals surface area (Å²) in [4.78, 5) is 3.91. The van der Waals surface area contributed by atoms with Crippen molar-refractivity contribution < 1.29 is 9.50 Å². The standard InChI is InChI=1S/C14H13ClFNO/c1-9-2-4-12(16)6-11(9)7-13(18)10-3-5-14(15)17-8-10/h2-6,8,13,18H,7H2,1H3. The van der Waals surface area contributed by atoms with Crippen LogP contribution in [0.15, 0.2) is 36.5 Å². The largest absolute Gasteiger partial charge is 0.388 e. The minimum absolute atomic E-state index is 0.294. The molecule has 0 bridgehead atoms. The summed E-state index contributed by atoms with van der Waals surface area (Å²) in [5.41, 5.74) is 2.41. The topological polar surface area (TPSA) is 33.1 Å². The average Bonchev–Trinajstić information content (AvgIpc) is 2.34. The molecule has 1 atom stereocenters. The summed E-state index contributed by atoms with van der Waals surface area (Å²) in [5.74, 6) is -0.294. The Labute approximate surface area is 110 Å². The molecule has 0 radical (unpaired) electrons. The van der Waals surface area contributed by atoms with Crippen LogP contribution >= 0.6 is 11.6 Å². The molecule has 0 fully saturated rings. The van der Waals surface area contributed by atoms with Gasteiger partial charge in [0.2, 0.25) is 0 Å². The Morgan fingerprint density at radius 3 is 2.78 bits per heavy atom. The van der Waals surface area contributed by atoms with Crippen LogP contribution in [0.4, 0.5) is 4.39 Å². The summed E-state index contributed by atoms with van der Waals surface area (Å²) >= 11 is 5.68. The second-order valence-electron chi connectivity index (χ2n) is 4.20. The molecule has 2 aromatic rings. The van der Waals surface area contributed by atoms with E-state index in [1.54, 1.807) is 18.2 Å². The molecule has 0 aliphatic rings. The summed E-state index contributed by atoms with van der Waals surface area (Å²) in [5, 5.41) is 10.5. The number of halogens is 2. The van der Waals surface area contributed by atoms with Crippen molar-refractivity contribution in [3.05, 3.63) is 64.2 Å². The highest BCUT2D eigenvalue weighted by Gasteiger charge is 2.11. The number of hydrogen-bond acceptors (Lipinski definition) is 2. The Hall–Kier alpha value is -1.45. The number of benzene rings is 1. The van der Waals surface area contributed by atoms with E-state index in [2.05, 4.69) is 4.98 Å². The molecule has 0 spiro atoms. The molecule has 94 valence electrons. The molecule has 0 aliphatic carbocycles. The van der Waals surface area contributed by atoms with Crippen molar-refractivity contribution in [1.29, 1.82) is 0 Å². The maximum absolute atomic E-state index is 13.1. The van der Waals surface area contributed by atoms with Crippen molar-refractivity contribution in [3.8, 4) is 0 Å². The van der Waals surface area contributed by atoms with Crippen molar-refractivity contribution in [1.82, 2.24) is 4.98 Å². The summed E-state index contributed by atoms with van der Waals surface area (Å²) in [6.45, 7) is 1.89. The molecule has 4 heteroatoms. The summed E-state index contributed by atoms with van der Waals surface area (Å²) in [7, 11) is 0. The Balaban J connectivity index is 2.18. The highest BCUT2D eigenvalue weighted by molar-refractivity contribution is 6.29. The zero-order valence-electron chi connectivity index (χ0n) is 9.90. The molecule has 0 saturated carbocycles. The first kappa shape index (κ1) is 13.0. The van der Waals surface area contributed by atoms with E-state index in [0.717, 1.165) is 11.1 Å². The second kappa shape index (κ2) is 5.46. The predicted molar refractivity (Wildman–Crippen MR) is 69.0 cm³/mol. The first-order chi connectivity index (χ1) is 8.56. The number of pyridine rings is 1. The van der Waals surface area contributed by atoms with Gasteiger partial charge in [0.1, 0.15) is 11.0 Å². The highest BCUT2D eigenvalue weighted by atomic mass is 35.5. The molecule has 0 saturated heterocycles. The maximum atomic E-state index is 13.1. The van der Waals surface area contributed by atoms with E-state index < -0.39 is 6.10 Å². The van der Waals surface area contributed by atoms with Crippen LogP contribution in [0.3, 0.4) is 0 Å². The van der Waals surface area contributed by atoms with Gasteiger partial charge in [-0.25, -0.2) is 9.37 Å². The molecule has 0 amide bonds. The number of hydrogen-bond donors (Lipinski definition) is 1. The second-order valence-corrected chi connectivity index (χ2v) is 4.59. The van der Waals surface area contributed by atoms with E-state index in [1.807, 2.05) is 6.92 Å². The fourth-order valence-corrected chi connectivity index (χ4v) is 1.88. The maximum Gasteiger partial charge on any atom is 0.129 e. The Bertz CT molecular complexity index is 542. The van der Waals surface area contributed by atoms with Crippen LogP contribution in [0.1, 0.15) is 22.8 Å². The predicted octanol–water partition coefficient (Wildman–Crippen LogP) is 3.46. The van der Waals surface area contributed by atoms with Crippen molar-refractivity contribution in [2.75, 3.05) is 0 Å². The average molecular weight is 266 g/mol. The molecular weight excluding hydrogens is 253 g/mol. The summed E-state index contributed by atoms with van der Waals surface area (Å²) < 4.78 is 13.1. The van der Waals surface area contributed by atoms with Gasteiger partial charge >= 0.3 is 0 Å². The highest BCUT2D eigenvalue weighted by Crippen LogP contribution is 2.21. The molecule has 1 N–H and O–H groups in total. The Morgan fingerprint density at radius 1 is 1.33 bits per heavy atom. The minimum atomic E-state index is -0.713. The van der Waals surface area contributed by atoms with E-state index in [1.165, 1.54) is 18.3 Å². The zero-order valence-corrected chi connectivity index (χ0v) is 10.7. The quantitative estimate of drug-likeness (QED) is 0.862. The number of aromatic nitrogens is 1. The van der Waals surface area contributed by atoms with E-state index in [4.69, 9.17) is 11.6 Å². The number of aryl methyl sites for hydroxylation is 1. The third-order valence-corrected chi connectivity index (χ3v) is 3.08. The van der Waals surface area contributed by atoms with Crippen LogP contribution in [-0.4, -0.2) is 10.1 Å². The van der Waals surface area contributed by atoms with Crippen LogP contribution in [0, 0.1) is 12.7 Å². The number of aliphatic hydroxyl groups is 1. The first-order valence-electron chi connectivity index (χ1n) is 5.61. The molecule has 1 heterocycles. The molecule has 2 rings (SSSR count). The SMILES string of the molecule is Cc1ccc(F)cc1CC(O)c1ccc(Cl)nc1. The lowest BCUT2D eigenvalue weighted by Crippen LogP contribution is -2.04. The molecule has 1 aromatic carbocycles. The number of rotatable bonds is 3. The lowest BCUT2D eigenvalue weighted by atomic mass is 9.99. The van der Waals surface area contributed by atoms with Crippen LogP contribution in [0.2, 0.25) is 5.15 Å². The Morgan fingerprint density at radius 2 is 2.11 bits per heavy atom.